The van der Waals surface area contributed by atoms with E-state index in [0.717, 1.165) is 42.8 Å². The monoisotopic (exact) mass is 257 g/mol. The topological polar surface area (TPSA) is 29.9 Å². The molecule has 0 radical (unpaired) electrons. The zero-order valence-electron chi connectivity index (χ0n) is 11.5. The van der Waals surface area contributed by atoms with Gasteiger partial charge in [0.15, 0.2) is 0 Å². The number of nitrogens with zero attached hydrogens (tertiary/aromatic N) is 2. The van der Waals surface area contributed by atoms with Gasteiger partial charge in [-0.2, -0.15) is 5.10 Å². The molecule has 6 rings (SSSR count). The maximum Gasteiger partial charge on any atom is 0.0579 e. The highest BCUT2D eigenvalue weighted by Gasteiger charge is 2.49. The van der Waals surface area contributed by atoms with E-state index in [-0.39, 0.29) is 0 Å². The van der Waals surface area contributed by atoms with Crippen LogP contribution in [0, 0.1) is 23.7 Å². The van der Waals surface area contributed by atoms with E-state index in [0.29, 0.717) is 0 Å². The first-order valence-corrected chi connectivity index (χ1v) is 8.14. The van der Waals surface area contributed by atoms with Crippen molar-refractivity contribution in [3.63, 3.8) is 0 Å². The summed E-state index contributed by atoms with van der Waals surface area (Å²) in [6.45, 7) is 2.16. The van der Waals surface area contributed by atoms with Crippen LogP contribution in [0.15, 0.2) is 6.20 Å². The van der Waals surface area contributed by atoms with E-state index in [9.17, 15) is 0 Å². The Morgan fingerprint density at radius 3 is 2.53 bits per heavy atom. The fourth-order valence-electron chi connectivity index (χ4n) is 5.83. The molecule has 0 spiro atoms. The molecule has 19 heavy (non-hydrogen) atoms. The van der Waals surface area contributed by atoms with E-state index < -0.39 is 0 Å². The lowest BCUT2D eigenvalue weighted by Gasteiger charge is -2.54. The maximum atomic E-state index is 4.82. The predicted molar refractivity (Wildman–Crippen MR) is 73.7 cm³/mol. The number of aromatic nitrogens is 2. The molecule has 1 aromatic rings. The highest BCUT2D eigenvalue weighted by molar-refractivity contribution is 5.22. The Bertz CT molecular complexity index is 476. The summed E-state index contributed by atoms with van der Waals surface area (Å²) in [5.74, 6) is 4.00. The zero-order valence-corrected chi connectivity index (χ0v) is 11.5. The quantitative estimate of drug-likeness (QED) is 0.838. The lowest BCUT2D eigenvalue weighted by molar-refractivity contribution is -0.0347. The second-order valence-corrected chi connectivity index (χ2v) is 7.41. The van der Waals surface area contributed by atoms with E-state index in [1.165, 1.54) is 37.7 Å². The third kappa shape index (κ3) is 1.51. The van der Waals surface area contributed by atoms with Crippen molar-refractivity contribution in [3.8, 4) is 0 Å². The largest absolute Gasteiger partial charge is 0.312 e. The summed E-state index contributed by atoms with van der Waals surface area (Å²) in [6, 6.07) is 0.745. The summed E-state index contributed by atoms with van der Waals surface area (Å²) >= 11 is 0. The van der Waals surface area contributed by atoms with Crippen LogP contribution in [0.5, 0.6) is 0 Å². The third-order valence-electron chi connectivity index (χ3n) is 6.30. The normalized spacial score (nSPS) is 43.5. The lowest BCUT2D eigenvalue weighted by atomic mass is 9.54. The number of hydrogen-bond donors (Lipinski definition) is 1. The Labute approximate surface area is 114 Å². The second kappa shape index (κ2) is 3.85. The van der Waals surface area contributed by atoms with Gasteiger partial charge in [-0.25, -0.2) is 0 Å². The molecule has 1 aliphatic heterocycles. The maximum absolute atomic E-state index is 4.82. The summed E-state index contributed by atoms with van der Waals surface area (Å²) in [5.41, 5.74) is 3.01. The molecule has 0 unspecified atom stereocenters. The molecule has 4 fully saturated rings. The highest BCUT2D eigenvalue weighted by Crippen LogP contribution is 2.58. The first kappa shape index (κ1) is 10.9. The van der Waals surface area contributed by atoms with Gasteiger partial charge in [-0.3, -0.25) is 4.68 Å². The first-order chi connectivity index (χ1) is 9.38. The van der Waals surface area contributed by atoms with Gasteiger partial charge in [0.25, 0.3) is 0 Å². The van der Waals surface area contributed by atoms with Crippen LogP contribution in [0.25, 0.3) is 0 Å². The molecular weight excluding hydrogens is 234 g/mol. The molecule has 4 aliphatic carbocycles. The predicted octanol–water partition coefficient (Wildman–Crippen LogP) is 2.53. The molecule has 4 saturated carbocycles. The average molecular weight is 257 g/mol. The molecular formula is C16H23N3. The summed E-state index contributed by atoms with van der Waals surface area (Å²) in [7, 11) is 0. The van der Waals surface area contributed by atoms with E-state index in [1.54, 1.807) is 12.1 Å². The van der Waals surface area contributed by atoms with Crippen LogP contribution in [-0.2, 0) is 13.0 Å². The number of hydrogen-bond acceptors (Lipinski definition) is 2. The fourth-order valence-corrected chi connectivity index (χ4v) is 5.83. The van der Waals surface area contributed by atoms with Gasteiger partial charge in [-0.15, -0.1) is 0 Å². The van der Waals surface area contributed by atoms with E-state index in [1.807, 2.05) is 0 Å². The SMILES string of the molecule is c1nn(C2C3CC4CC(C3)CC2C4)c2c1CNCC2. The highest BCUT2D eigenvalue weighted by atomic mass is 15.3. The van der Waals surface area contributed by atoms with E-state index in [2.05, 4.69) is 16.2 Å². The van der Waals surface area contributed by atoms with Crippen molar-refractivity contribution in [2.24, 2.45) is 23.7 Å². The number of fused-ring (bicyclic) bond motifs is 1. The Morgan fingerprint density at radius 2 is 1.79 bits per heavy atom. The van der Waals surface area contributed by atoms with Crippen molar-refractivity contribution < 1.29 is 0 Å². The van der Waals surface area contributed by atoms with Gasteiger partial charge in [-0.1, -0.05) is 0 Å². The molecule has 0 aromatic carbocycles. The molecule has 4 bridgehead atoms. The van der Waals surface area contributed by atoms with E-state index in [4.69, 9.17) is 5.10 Å². The second-order valence-electron chi connectivity index (χ2n) is 7.41. The summed E-state index contributed by atoms with van der Waals surface area (Å²) in [6.07, 6.45) is 10.8. The van der Waals surface area contributed by atoms with Gasteiger partial charge in [0.1, 0.15) is 0 Å². The minimum atomic E-state index is 0.745. The molecule has 0 amide bonds. The molecule has 2 heterocycles. The summed E-state index contributed by atoms with van der Waals surface area (Å²) in [4.78, 5) is 0. The van der Waals surface area contributed by atoms with Crippen LogP contribution in [0.2, 0.25) is 0 Å². The molecule has 102 valence electrons. The van der Waals surface area contributed by atoms with Crippen LogP contribution in [0.4, 0.5) is 0 Å². The van der Waals surface area contributed by atoms with Gasteiger partial charge in [-0.05, 0) is 55.8 Å². The van der Waals surface area contributed by atoms with Crippen LogP contribution >= 0.6 is 0 Å². The van der Waals surface area contributed by atoms with Crippen LogP contribution in [0.1, 0.15) is 49.4 Å². The number of nitrogens with one attached hydrogen (secondary N) is 1. The first-order valence-electron chi connectivity index (χ1n) is 8.14. The average Bonchev–Trinajstić information content (AvgIpc) is 2.82. The molecule has 1 N–H and O–H groups in total. The Balaban J connectivity index is 1.54. The molecule has 1 aromatic heterocycles. The van der Waals surface area contributed by atoms with E-state index >= 15 is 0 Å². The Morgan fingerprint density at radius 1 is 1.05 bits per heavy atom. The van der Waals surface area contributed by atoms with Crippen molar-refractivity contribution in [1.82, 2.24) is 15.1 Å². The van der Waals surface area contributed by atoms with Crippen molar-refractivity contribution in [1.29, 1.82) is 0 Å². The van der Waals surface area contributed by atoms with Gasteiger partial charge >= 0.3 is 0 Å². The smallest absolute Gasteiger partial charge is 0.0579 e. The van der Waals surface area contributed by atoms with Gasteiger partial charge in [0, 0.05) is 30.8 Å². The fraction of sp³-hybridized carbons (Fsp3) is 0.812. The standard InChI is InChI=1S/C16H23N3/c1-2-17-8-14-9-18-19(15(1)14)16-12-4-10-3-11(6-12)7-13(16)5-10/h9-13,16-17H,1-8H2. The summed E-state index contributed by atoms with van der Waals surface area (Å²) in [5, 5.41) is 8.29. The molecule has 3 nitrogen and oxygen atoms in total. The van der Waals surface area contributed by atoms with Crippen molar-refractivity contribution in [2.45, 2.75) is 51.1 Å². The summed E-state index contributed by atoms with van der Waals surface area (Å²) < 4.78 is 2.48. The Hall–Kier alpha value is -0.830. The van der Waals surface area contributed by atoms with Gasteiger partial charge < -0.3 is 5.32 Å². The molecule has 3 heteroatoms. The molecule has 5 aliphatic rings. The third-order valence-corrected chi connectivity index (χ3v) is 6.30. The van der Waals surface area contributed by atoms with Crippen molar-refractivity contribution in [3.05, 3.63) is 17.5 Å². The molecule has 0 atom stereocenters. The van der Waals surface area contributed by atoms with Crippen LogP contribution < -0.4 is 5.32 Å². The minimum absolute atomic E-state index is 0.745. The number of rotatable bonds is 1. The minimum Gasteiger partial charge on any atom is -0.312 e. The van der Waals surface area contributed by atoms with Crippen molar-refractivity contribution >= 4 is 0 Å². The van der Waals surface area contributed by atoms with Crippen LogP contribution in [0.3, 0.4) is 0 Å². The Kier molecular flexibility index (Phi) is 2.21. The molecule has 0 saturated heterocycles. The van der Waals surface area contributed by atoms with Gasteiger partial charge in [0.2, 0.25) is 0 Å². The van der Waals surface area contributed by atoms with Crippen molar-refractivity contribution in [2.75, 3.05) is 6.54 Å². The zero-order chi connectivity index (χ0) is 12.4. The van der Waals surface area contributed by atoms with Gasteiger partial charge in [0.05, 0.1) is 12.2 Å². The van der Waals surface area contributed by atoms with Crippen LogP contribution in [-0.4, -0.2) is 16.3 Å². The lowest BCUT2D eigenvalue weighted by Crippen LogP contribution is -2.46.